The predicted molar refractivity (Wildman–Crippen MR) is 78.6 cm³/mol. The zero-order valence-electron chi connectivity index (χ0n) is 11.5. The van der Waals surface area contributed by atoms with Crippen molar-refractivity contribution in [1.29, 1.82) is 0 Å². The van der Waals surface area contributed by atoms with Crippen LogP contribution in [0.15, 0.2) is 36.5 Å². The Bertz CT molecular complexity index is 636. The highest BCUT2D eigenvalue weighted by atomic mass is 16.5. The molecule has 21 heavy (non-hydrogen) atoms. The lowest BCUT2D eigenvalue weighted by molar-refractivity contribution is 0.0303. The fourth-order valence-electron chi connectivity index (χ4n) is 2.27. The Labute approximate surface area is 122 Å². The molecule has 108 valence electrons. The zero-order valence-corrected chi connectivity index (χ0v) is 11.5. The molecule has 1 fully saturated rings. The molecular weight excluding hydrogens is 268 g/mol. The van der Waals surface area contributed by atoms with E-state index in [-0.39, 0.29) is 11.9 Å². The summed E-state index contributed by atoms with van der Waals surface area (Å²) in [6, 6.07) is 9.15. The van der Waals surface area contributed by atoms with Gasteiger partial charge in [-0.15, -0.1) is 0 Å². The number of ether oxygens (including phenoxy) is 1. The summed E-state index contributed by atoms with van der Waals surface area (Å²) in [6.07, 6.45) is 1.62. The maximum Gasteiger partial charge on any atom is 0.254 e. The van der Waals surface area contributed by atoms with Gasteiger partial charge in [-0.05, 0) is 18.2 Å². The number of nitrogen functional groups attached to an aromatic ring is 1. The van der Waals surface area contributed by atoms with Gasteiger partial charge < -0.3 is 15.4 Å². The SMILES string of the molecule is Nc1nccc(-c2ccc(C(=O)N3CCOCC3)cc2)n1. The lowest BCUT2D eigenvalue weighted by Gasteiger charge is -2.26. The number of hydrogen-bond acceptors (Lipinski definition) is 5. The van der Waals surface area contributed by atoms with E-state index in [1.807, 2.05) is 24.3 Å². The van der Waals surface area contributed by atoms with Gasteiger partial charge in [0.25, 0.3) is 5.91 Å². The average molecular weight is 284 g/mol. The number of carbonyl (C=O) groups excluding carboxylic acids is 1. The molecule has 6 nitrogen and oxygen atoms in total. The molecule has 2 heterocycles. The third kappa shape index (κ3) is 3.00. The van der Waals surface area contributed by atoms with Crippen molar-refractivity contribution in [3.05, 3.63) is 42.1 Å². The number of hydrogen-bond donors (Lipinski definition) is 1. The predicted octanol–water partition coefficient (Wildman–Crippen LogP) is 1.20. The number of amides is 1. The van der Waals surface area contributed by atoms with Gasteiger partial charge in [0.05, 0.1) is 18.9 Å². The van der Waals surface area contributed by atoms with Gasteiger partial charge in [0, 0.05) is 30.4 Å². The van der Waals surface area contributed by atoms with E-state index in [0.29, 0.717) is 31.9 Å². The molecule has 1 aromatic carbocycles. The normalized spacial score (nSPS) is 15.0. The van der Waals surface area contributed by atoms with Gasteiger partial charge in [-0.25, -0.2) is 9.97 Å². The third-order valence-corrected chi connectivity index (χ3v) is 3.40. The van der Waals surface area contributed by atoms with E-state index in [0.717, 1.165) is 11.3 Å². The molecule has 0 atom stereocenters. The molecule has 1 aliphatic rings. The summed E-state index contributed by atoms with van der Waals surface area (Å²) in [6.45, 7) is 2.49. The van der Waals surface area contributed by atoms with Crippen molar-refractivity contribution in [2.75, 3.05) is 32.0 Å². The van der Waals surface area contributed by atoms with Crippen LogP contribution >= 0.6 is 0 Å². The van der Waals surface area contributed by atoms with Gasteiger partial charge in [-0.3, -0.25) is 4.79 Å². The first-order valence-electron chi connectivity index (χ1n) is 6.80. The summed E-state index contributed by atoms with van der Waals surface area (Å²) in [5.41, 5.74) is 7.89. The van der Waals surface area contributed by atoms with Crippen LogP contribution in [0.3, 0.4) is 0 Å². The van der Waals surface area contributed by atoms with Crippen molar-refractivity contribution in [1.82, 2.24) is 14.9 Å². The lowest BCUT2D eigenvalue weighted by Crippen LogP contribution is -2.40. The van der Waals surface area contributed by atoms with E-state index >= 15 is 0 Å². The summed E-state index contributed by atoms with van der Waals surface area (Å²) in [5, 5.41) is 0. The number of anilines is 1. The van der Waals surface area contributed by atoms with Crippen molar-refractivity contribution >= 4 is 11.9 Å². The van der Waals surface area contributed by atoms with E-state index in [4.69, 9.17) is 10.5 Å². The van der Waals surface area contributed by atoms with E-state index < -0.39 is 0 Å². The van der Waals surface area contributed by atoms with Crippen LogP contribution in [-0.2, 0) is 4.74 Å². The van der Waals surface area contributed by atoms with Crippen LogP contribution < -0.4 is 5.73 Å². The topological polar surface area (TPSA) is 81.3 Å². The monoisotopic (exact) mass is 284 g/mol. The Morgan fingerprint density at radius 1 is 1.14 bits per heavy atom. The number of rotatable bonds is 2. The highest BCUT2D eigenvalue weighted by Crippen LogP contribution is 2.18. The maximum absolute atomic E-state index is 12.3. The number of nitrogens with two attached hydrogens (primary N) is 1. The van der Waals surface area contributed by atoms with Crippen LogP contribution in [0.4, 0.5) is 5.95 Å². The van der Waals surface area contributed by atoms with Gasteiger partial charge in [0.1, 0.15) is 0 Å². The molecule has 1 aliphatic heterocycles. The Kier molecular flexibility index (Phi) is 3.79. The Hall–Kier alpha value is -2.47. The first-order valence-corrected chi connectivity index (χ1v) is 6.80. The van der Waals surface area contributed by atoms with Crippen molar-refractivity contribution in [3.8, 4) is 11.3 Å². The highest BCUT2D eigenvalue weighted by molar-refractivity contribution is 5.94. The summed E-state index contributed by atoms with van der Waals surface area (Å²) >= 11 is 0. The second kappa shape index (κ2) is 5.88. The second-order valence-corrected chi connectivity index (χ2v) is 4.78. The van der Waals surface area contributed by atoms with Crippen LogP contribution in [0.5, 0.6) is 0 Å². The molecule has 0 radical (unpaired) electrons. The number of carbonyl (C=O) groups is 1. The molecule has 0 bridgehead atoms. The smallest absolute Gasteiger partial charge is 0.254 e. The van der Waals surface area contributed by atoms with Crippen molar-refractivity contribution in [3.63, 3.8) is 0 Å². The fraction of sp³-hybridized carbons (Fsp3) is 0.267. The summed E-state index contributed by atoms with van der Waals surface area (Å²) in [4.78, 5) is 22.2. The van der Waals surface area contributed by atoms with Gasteiger partial charge in [-0.1, -0.05) is 12.1 Å². The van der Waals surface area contributed by atoms with Crippen LogP contribution in [0.2, 0.25) is 0 Å². The second-order valence-electron chi connectivity index (χ2n) is 4.78. The van der Waals surface area contributed by atoms with E-state index in [9.17, 15) is 4.79 Å². The quantitative estimate of drug-likeness (QED) is 0.896. The summed E-state index contributed by atoms with van der Waals surface area (Å²) in [5.74, 6) is 0.271. The minimum Gasteiger partial charge on any atom is -0.378 e. The van der Waals surface area contributed by atoms with Crippen LogP contribution in [0, 0.1) is 0 Å². The molecule has 1 aromatic heterocycles. The van der Waals surface area contributed by atoms with Gasteiger partial charge >= 0.3 is 0 Å². The Morgan fingerprint density at radius 2 is 1.86 bits per heavy atom. The molecule has 0 saturated carbocycles. The number of aromatic nitrogens is 2. The number of benzene rings is 1. The molecule has 2 N–H and O–H groups in total. The molecule has 1 saturated heterocycles. The van der Waals surface area contributed by atoms with Crippen LogP contribution in [0.1, 0.15) is 10.4 Å². The molecule has 0 spiro atoms. The summed E-state index contributed by atoms with van der Waals surface area (Å²) < 4.78 is 5.25. The average Bonchev–Trinajstić information content (AvgIpc) is 2.55. The summed E-state index contributed by atoms with van der Waals surface area (Å²) in [7, 11) is 0. The van der Waals surface area contributed by atoms with Gasteiger partial charge in [0.2, 0.25) is 5.95 Å². The van der Waals surface area contributed by atoms with Crippen LogP contribution in [0.25, 0.3) is 11.3 Å². The van der Waals surface area contributed by atoms with E-state index in [1.54, 1.807) is 17.2 Å². The molecule has 0 unspecified atom stereocenters. The Balaban J connectivity index is 1.79. The molecule has 1 amide bonds. The standard InChI is InChI=1S/C15H16N4O2/c16-15-17-6-5-13(18-15)11-1-3-12(4-2-11)14(20)19-7-9-21-10-8-19/h1-6H,7-10H2,(H2,16,17,18). The van der Waals surface area contributed by atoms with Gasteiger partial charge in [0.15, 0.2) is 0 Å². The third-order valence-electron chi connectivity index (χ3n) is 3.40. The molecule has 0 aliphatic carbocycles. The molecule has 3 rings (SSSR count). The minimum absolute atomic E-state index is 0.0343. The number of morpholine rings is 1. The zero-order chi connectivity index (χ0) is 14.7. The van der Waals surface area contributed by atoms with Crippen molar-refractivity contribution in [2.45, 2.75) is 0 Å². The van der Waals surface area contributed by atoms with Crippen LogP contribution in [-0.4, -0.2) is 47.1 Å². The highest BCUT2D eigenvalue weighted by Gasteiger charge is 2.18. The first kappa shape index (κ1) is 13.5. The first-order chi connectivity index (χ1) is 10.2. The maximum atomic E-state index is 12.3. The van der Waals surface area contributed by atoms with E-state index in [2.05, 4.69) is 9.97 Å². The van der Waals surface area contributed by atoms with Crippen molar-refractivity contribution < 1.29 is 9.53 Å². The molecular formula is C15H16N4O2. The molecule has 2 aromatic rings. The van der Waals surface area contributed by atoms with Crippen molar-refractivity contribution in [2.24, 2.45) is 0 Å². The van der Waals surface area contributed by atoms with E-state index in [1.165, 1.54) is 0 Å². The number of nitrogens with zero attached hydrogens (tertiary/aromatic N) is 3. The lowest BCUT2D eigenvalue weighted by atomic mass is 10.1. The molecule has 6 heteroatoms. The largest absolute Gasteiger partial charge is 0.378 e. The Morgan fingerprint density at radius 3 is 2.52 bits per heavy atom. The fourth-order valence-corrected chi connectivity index (χ4v) is 2.27. The minimum atomic E-state index is 0.0343. The van der Waals surface area contributed by atoms with Gasteiger partial charge in [-0.2, -0.15) is 0 Å².